The molecule has 0 spiro atoms. The molecule has 2 aliphatic rings. The van der Waals surface area contributed by atoms with Gasteiger partial charge in [-0.25, -0.2) is 19.9 Å². The zero-order valence-corrected chi connectivity index (χ0v) is 21.6. The molecule has 1 unspecified atom stereocenters. The molecule has 0 amide bonds. The molecule has 3 aromatic heterocycles. The van der Waals surface area contributed by atoms with Crippen molar-refractivity contribution >= 4 is 28.5 Å². The van der Waals surface area contributed by atoms with Crippen molar-refractivity contribution in [1.82, 2.24) is 29.7 Å². The van der Waals surface area contributed by atoms with E-state index in [0.717, 1.165) is 38.3 Å². The van der Waals surface area contributed by atoms with Gasteiger partial charge in [-0.1, -0.05) is 6.07 Å². The van der Waals surface area contributed by atoms with Crippen molar-refractivity contribution in [3.63, 3.8) is 0 Å². The predicted molar refractivity (Wildman–Crippen MR) is 139 cm³/mol. The number of pyridine rings is 2. The Bertz CT molecular complexity index is 1240. The van der Waals surface area contributed by atoms with Crippen LogP contribution in [0.25, 0.3) is 10.9 Å². The lowest BCUT2D eigenvalue weighted by Gasteiger charge is -2.34. The zero-order chi connectivity index (χ0) is 26.9. The van der Waals surface area contributed by atoms with Crippen LogP contribution in [-0.2, 0) is 6.54 Å². The zero-order valence-electron chi connectivity index (χ0n) is 21.6. The van der Waals surface area contributed by atoms with Gasteiger partial charge in [0.25, 0.3) is 0 Å². The molecule has 5 heterocycles. The summed E-state index contributed by atoms with van der Waals surface area (Å²) in [6.07, 6.45) is -1.58. The van der Waals surface area contributed by atoms with E-state index in [1.54, 1.807) is 19.2 Å². The van der Waals surface area contributed by atoms with Crippen molar-refractivity contribution in [2.45, 2.75) is 38.6 Å². The highest BCUT2D eigenvalue weighted by atomic mass is 19.4. The Balaban J connectivity index is 1.34. The second-order valence-corrected chi connectivity index (χ2v) is 10.2. The van der Waals surface area contributed by atoms with Gasteiger partial charge in [-0.3, -0.25) is 4.90 Å². The molecule has 3 aromatic rings. The fourth-order valence-corrected chi connectivity index (χ4v) is 4.93. The van der Waals surface area contributed by atoms with Crippen LogP contribution in [-0.4, -0.2) is 87.3 Å². The molecule has 2 fully saturated rings. The quantitative estimate of drug-likeness (QED) is 0.494. The van der Waals surface area contributed by atoms with Crippen LogP contribution in [0.1, 0.15) is 37.1 Å². The molecule has 2 N–H and O–H groups in total. The van der Waals surface area contributed by atoms with Crippen LogP contribution in [0.2, 0.25) is 0 Å². The van der Waals surface area contributed by atoms with Crippen LogP contribution in [0.4, 0.5) is 30.8 Å². The molecule has 0 saturated carbocycles. The molecular weight excluding hydrogens is 497 g/mol. The van der Waals surface area contributed by atoms with E-state index in [9.17, 15) is 18.3 Å². The molecule has 0 aliphatic carbocycles. The van der Waals surface area contributed by atoms with E-state index >= 15 is 0 Å². The van der Waals surface area contributed by atoms with Gasteiger partial charge in [0.1, 0.15) is 11.3 Å². The Morgan fingerprint density at radius 2 is 1.76 bits per heavy atom. The SMILES string of the molecule is CC(O)c1cc2cnc(Nc3ccc(CN4CCN(C)CC4)cn3)nc2c(N2CCC(C(F)(F)F)CC2)n1. The number of likely N-dealkylation sites (N-methyl/N-ethyl adjacent to an activating group) is 1. The molecule has 0 radical (unpaired) electrons. The van der Waals surface area contributed by atoms with E-state index in [4.69, 9.17) is 0 Å². The lowest BCUT2D eigenvalue weighted by atomic mass is 9.96. The topological polar surface area (TPSA) is 93.5 Å². The molecule has 204 valence electrons. The van der Waals surface area contributed by atoms with Crippen LogP contribution in [0.3, 0.4) is 0 Å². The molecular formula is C26H33F3N8O. The number of halogens is 3. The molecule has 0 aromatic carbocycles. The molecule has 9 nitrogen and oxygen atoms in total. The number of hydrogen-bond donors (Lipinski definition) is 2. The van der Waals surface area contributed by atoms with E-state index in [0.29, 0.717) is 34.2 Å². The smallest absolute Gasteiger partial charge is 0.387 e. The fourth-order valence-electron chi connectivity index (χ4n) is 4.93. The number of aromatic nitrogens is 4. The maximum Gasteiger partial charge on any atom is 0.391 e. The number of anilines is 3. The number of piperazine rings is 1. The van der Waals surface area contributed by atoms with Crippen molar-refractivity contribution in [1.29, 1.82) is 0 Å². The van der Waals surface area contributed by atoms with Crippen LogP contribution < -0.4 is 10.2 Å². The Labute approximate surface area is 219 Å². The summed E-state index contributed by atoms with van der Waals surface area (Å²) in [7, 11) is 2.13. The first kappa shape index (κ1) is 26.5. The van der Waals surface area contributed by atoms with Gasteiger partial charge >= 0.3 is 6.18 Å². The Hall–Kier alpha value is -3.09. The summed E-state index contributed by atoms with van der Waals surface area (Å²) in [6.45, 7) is 7.04. The lowest BCUT2D eigenvalue weighted by Crippen LogP contribution is -2.43. The van der Waals surface area contributed by atoms with Gasteiger partial charge in [0.15, 0.2) is 5.82 Å². The number of aliphatic hydroxyl groups excluding tert-OH is 1. The normalized spacial score (nSPS) is 19.2. The summed E-state index contributed by atoms with van der Waals surface area (Å²) in [4.78, 5) is 24.7. The third-order valence-electron chi connectivity index (χ3n) is 7.32. The average molecular weight is 531 g/mol. The summed E-state index contributed by atoms with van der Waals surface area (Å²) >= 11 is 0. The maximum absolute atomic E-state index is 13.2. The number of alkyl halides is 3. The van der Waals surface area contributed by atoms with Gasteiger partial charge in [-0.05, 0) is 44.5 Å². The molecule has 0 bridgehead atoms. The first-order valence-corrected chi connectivity index (χ1v) is 13.0. The molecule has 2 saturated heterocycles. The van der Waals surface area contributed by atoms with Gasteiger partial charge in [-0.15, -0.1) is 0 Å². The predicted octanol–water partition coefficient (Wildman–Crippen LogP) is 3.74. The first-order valence-electron chi connectivity index (χ1n) is 13.0. The number of nitrogens with zero attached hydrogens (tertiary/aromatic N) is 7. The molecule has 12 heteroatoms. The Morgan fingerprint density at radius 1 is 1.03 bits per heavy atom. The summed E-state index contributed by atoms with van der Waals surface area (Å²) in [5, 5.41) is 13.9. The summed E-state index contributed by atoms with van der Waals surface area (Å²) < 4.78 is 39.6. The number of aliphatic hydroxyl groups is 1. The first-order chi connectivity index (χ1) is 18.2. The van der Waals surface area contributed by atoms with E-state index in [2.05, 4.69) is 42.1 Å². The van der Waals surface area contributed by atoms with Gasteiger partial charge in [0.2, 0.25) is 5.95 Å². The van der Waals surface area contributed by atoms with Crippen molar-refractivity contribution in [3.05, 3.63) is 41.9 Å². The number of piperidine rings is 1. The maximum atomic E-state index is 13.2. The van der Waals surface area contributed by atoms with E-state index in [1.807, 2.05) is 23.2 Å². The third kappa shape index (κ3) is 6.13. The number of rotatable bonds is 6. The minimum atomic E-state index is -4.20. The molecule has 5 rings (SSSR count). The largest absolute Gasteiger partial charge is 0.391 e. The summed E-state index contributed by atoms with van der Waals surface area (Å²) in [6, 6.07) is 5.62. The lowest BCUT2D eigenvalue weighted by molar-refractivity contribution is -0.179. The molecule has 38 heavy (non-hydrogen) atoms. The minimum Gasteiger partial charge on any atom is -0.387 e. The van der Waals surface area contributed by atoms with Crippen molar-refractivity contribution in [2.75, 3.05) is 56.5 Å². The fraction of sp³-hybridized carbons (Fsp3) is 0.538. The van der Waals surface area contributed by atoms with Crippen LogP contribution in [0.5, 0.6) is 0 Å². The summed E-state index contributed by atoms with van der Waals surface area (Å²) in [5.41, 5.74) is 2.07. The standard InChI is InChI=1S/C26H33F3N8O/c1-17(38)21-13-19-15-31-25(33-22-4-3-18(14-30-22)16-36-11-9-35(2)10-12-36)34-23(19)24(32-21)37-7-5-20(6-8-37)26(27,28)29/h3-4,13-15,17,20,38H,5-12,16H2,1-2H3,(H,30,31,33,34). The average Bonchev–Trinajstić information content (AvgIpc) is 2.90. The Morgan fingerprint density at radius 3 is 2.39 bits per heavy atom. The highest BCUT2D eigenvalue weighted by Gasteiger charge is 2.41. The van der Waals surface area contributed by atoms with Gasteiger partial charge in [0.05, 0.1) is 17.7 Å². The van der Waals surface area contributed by atoms with Gasteiger partial charge in [0, 0.05) is 63.6 Å². The molecule has 1 atom stereocenters. The third-order valence-corrected chi connectivity index (χ3v) is 7.32. The van der Waals surface area contributed by atoms with E-state index in [1.165, 1.54) is 0 Å². The monoisotopic (exact) mass is 530 g/mol. The van der Waals surface area contributed by atoms with Crippen molar-refractivity contribution in [2.24, 2.45) is 5.92 Å². The van der Waals surface area contributed by atoms with Crippen molar-refractivity contribution in [3.8, 4) is 0 Å². The van der Waals surface area contributed by atoms with Crippen LogP contribution >= 0.6 is 0 Å². The van der Waals surface area contributed by atoms with Crippen LogP contribution in [0.15, 0.2) is 30.6 Å². The molecule has 2 aliphatic heterocycles. The highest BCUT2D eigenvalue weighted by Crippen LogP contribution is 2.36. The number of hydrogen-bond acceptors (Lipinski definition) is 9. The number of nitrogens with one attached hydrogen (secondary N) is 1. The van der Waals surface area contributed by atoms with Crippen LogP contribution in [0, 0.1) is 5.92 Å². The Kier molecular flexibility index (Phi) is 7.64. The minimum absolute atomic E-state index is 0.00777. The second kappa shape index (κ2) is 11.0. The highest BCUT2D eigenvalue weighted by molar-refractivity contribution is 5.89. The van der Waals surface area contributed by atoms with Crippen molar-refractivity contribution < 1.29 is 18.3 Å². The van der Waals surface area contributed by atoms with Gasteiger partial charge < -0.3 is 20.2 Å². The van der Waals surface area contributed by atoms with E-state index < -0.39 is 18.2 Å². The summed E-state index contributed by atoms with van der Waals surface area (Å²) in [5.74, 6) is 0.0458. The van der Waals surface area contributed by atoms with Gasteiger partial charge in [-0.2, -0.15) is 13.2 Å². The number of fused-ring (bicyclic) bond motifs is 1. The van der Waals surface area contributed by atoms with E-state index in [-0.39, 0.29) is 25.9 Å². The second-order valence-electron chi connectivity index (χ2n) is 10.2.